The van der Waals surface area contributed by atoms with Crippen LogP contribution < -0.4 is 10.4 Å². The van der Waals surface area contributed by atoms with E-state index in [2.05, 4.69) is 159 Å². The van der Waals surface area contributed by atoms with Crippen LogP contribution in [-0.4, -0.2) is 8.07 Å². The molecule has 6 aromatic carbocycles. The molecule has 0 bridgehead atoms. The van der Waals surface area contributed by atoms with Crippen LogP contribution in [0, 0.1) is 0 Å². The van der Waals surface area contributed by atoms with E-state index in [4.69, 9.17) is 0 Å². The van der Waals surface area contributed by atoms with Crippen molar-refractivity contribution in [1.82, 2.24) is 0 Å². The Balaban J connectivity index is 1.25. The Hall–Kier alpha value is -4.46. The molecule has 0 saturated heterocycles. The Morgan fingerprint density at radius 1 is 0.439 bits per heavy atom. The second-order valence-electron chi connectivity index (χ2n) is 12.1. The lowest BCUT2D eigenvalue weighted by Gasteiger charge is -2.32. The summed E-state index contributed by atoms with van der Waals surface area (Å²) in [6.07, 6.45) is 9.52. The van der Waals surface area contributed by atoms with Crippen molar-refractivity contribution in [3.05, 3.63) is 167 Å². The van der Waals surface area contributed by atoms with Crippen molar-refractivity contribution in [2.24, 2.45) is 0 Å². The molecule has 2 aliphatic rings. The zero-order valence-corrected chi connectivity index (χ0v) is 24.5. The highest BCUT2D eigenvalue weighted by atomic mass is 28.3. The zero-order valence-electron chi connectivity index (χ0n) is 23.5. The van der Waals surface area contributed by atoms with Crippen LogP contribution in [0.25, 0.3) is 33.7 Å². The predicted molar refractivity (Wildman–Crippen MR) is 179 cm³/mol. The summed E-state index contributed by atoms with van der Waals surface area (Å²) in [5, 5.41) is 8.32. The minimum atomic E-state index is -2.11. The Kier molecular flexibility index (Phi) is 5.52. The summed E-state index contributed by atoms with van der Waals surface area (Å²) >= 11 is 0. The van der Waals surface area contributed by atoms with Gasteiger partial charge in [-0.05, 0) is 65.3 Å². The molecule has 0 spiro atoms. The topological polar surface area (TPSA) is 0 Å². The van der Waals surface area contributed by atoms with E-state index in [1.165, 1.54) is 54.9 Å². The van der Waals surface area contributed by atoms with Gasteiger partial charge in [-0.3, -0.25) is 0 Å². The van der Waals surface area contributed by atoms with E-state index in [1.807, 2.05) is 0 Å². The molecule has 2 aliphatic carbocycles. The highest BCUT2D eigenvalue weighted by Crippen LogP contribution is 2.39. The van der Waals surface area contributed by atoms with Crippen molar-refractivity contribution in [1.29, 1.82) is 0 Å². The first-order valence-electron chi connectivity index (χ1n) is 14.7. The number of fused-ring (bicyclic) bond motifs is 4. The van der Waals surface area contributed by atoms with Crippen LogP contribution in [0.3, 0.4) is 0 Å². The van der Waals surface area contributed by atoms with Gasteiger partial charge in [0, 0.05) is 11.8 Å². The van der Waals surface area contributed by atoms with E-state index < -0.39 is 8.07 Å². The van der Waals surface area contributed by atoms with Crippen molar-refractivity contribution < 1.29 is 0 Å². The van der Waals surface area contributed by atoms with Crippen LogP contribution in [0.5, 0.6) is 0 Å². The van der Waals surface area contributed by atoms with Crippen molar-refractivity contribution in [3.63, 3.8) is 0 Å². The molecule has 0 nitrogen and oxygen atoms in total. The molecule has 2 unspecified atom stereocenters. The second kappa shape index (κ2) is 9.29. The van der Waals surface area contributed by atoms with Crippen LogP contribution in [0.1, 0.15) is 45.2 Å². The minimum absolute atomic E-state index is 0.281. The lowest BCUT2D eigenvalue weighted by atomic mass is 9.91. The first kappa shape index (κ1) is 24.3. The fourth-order valence-corrected chi connectivity index (χ4v) is 10.6. The van der Waals surface area contributed by atoms with Gasteiger partial charge in [0.05, 0.1) is 0 Å². The van der Waals surface area contributed by atoms with Gasteiger partial charge in [0.15, 0.2) is 0 Å². The molecule has 0 amide bonds. The Morgan fingerprint density at radius 2 is 0.878 bits per heavy atom. The molecule has 41 heavy (non-hydrogen) atoms. The molecule has 0 aromatic heterocycles. The number of hydrogen-bond donors (Lipinski definition) is 0. The van der Waals surface area contributed by atoms with E-state index in [0.717, 1.165) is 0 Å². The Morgan fingerprint density at radius 3 is 1.34 bits per heavy atom. The average Bonchev–Trinajstić information content (AvgIpc) is 3.65. The number of allylic oxidation sites excluding steroid dienone is 2. The van der Waals surface area contributed by atoms with Gasteiger partial charge in [0.25, 0.3) is 0 Å². The maximum atomic E-state index is 2.56. The van der Waals surface area contributed by atoms with Crippen LogP contribution in [0.15, 0.2) is 133 Å². The first-order chi connectivity index (χ1) is 20.1. The van der Waals surface area contributed by atoms with Gasteiger partial charge < -0.3 is 0 Å². The third-order valence-corrected chi connectivity index (χ3v) is 13.0. The van der Waals surface area contributed by atoms with Crippen molar-refractivity contribution in [2.45, 2.75) is 24.9 Å². The smallest absolute Gasteiger partial charge is 0.0720 e. The quantitative estimate of drug-likeness (QED) is 0.196. The lowest BCUT2D eigenvalue weighted by molar-refractivity contribution is 1.06. The third-order valence-electron chi connectivity index (χ3n) is 9.45. The fraction of sp³-hybridized carbons (Fsp3) is 0.100. The summed E-state index contributed by atoms with van der Waals surface area (Å²) < 4.78 is 0. The first-order valence-corrected chi connectivity index (χ1v) is 17.7. The normalized spacial score (nSPS) is 17.3. The summed E-state index contributed by atoms with van der Waals surface area (Å²) in [6, 6.07) is 45.4. The monoisotopic (exact) mass is 540 g/mol. The molecule has 2 atom stereocenters. The van der Waals surface area contributed by atoms with Crippen molar-refractivity contribution in [3.8, 4) is 0 Å². The largest absolute Gasteiger partial charge is 0.113 e. The van der Waals surface area contributed by atoms with E-state index in [9.17, 15) is 0 Å². The molecule has 1 heteroatoms. The molecule has 6 aromatic rings. The number of hydrogen-bond acceptors (Lipinski definition) is 0. The van der Waals surface area contributed by atoms with Crippen molar-refractivity contribution in [2.75, 3.05) is 0 Å². The van der Waals surface area contributed by atoms with Gasteiger partial charge >= 0.3 is 0 Å². The van der Waals surface area contributed by atoms with Crippen LogP contribution >= 0.6 is 0 Å². The molecule has 196 valence electrons. The van der Waals surface area contributed by atoms with Crippen molar-refractivity contribution >= 4 is 52.1 Å². The second-order valence-corrected chi connectivity index (χ2v) is 16.5. The molecular weight excluding hydrogens is 509 g/mol. The summed E-state index contributed by atoms with van der Waals surface area (Å²) in [5.41, 5.74) is 8.52. The van der Waals surface area contributed by atoms with Gasteiger partial charge in [0.2, 0.25) is 0 Å². The maximum absolute atomic E-state index is 2.56. The number of benzene rings is 6. The van der Waals surface area contributed by atoms with E-state index >= 15 is 0 Å². The molecule has 0 aliphatic heterocycles. The van der Waals surface area contributed by atoms with Crippen LogP contribution in [0.2, 0.25) is 13.1 Å². The number of rotatable bonds is 4. The van der Waals surface area contributed by atoms with Gasteiger partial charge in [-0.15, -0.1) is 0 Å². The molecule has 0 saturated carbocycles. The van der Waals surface area contributed by atoms with Gasteiger partial charge in [0.1, 0.15) is 8.07 Å². The van der Waals surface area contributed by atoms with Gasteiger partial charge in [-0.1, -0.05) is 159 Å². The van der Waals surface area contributed by atoms with E-state index in [0.29, 0.717) is 0 Å². The standard InChI is InChI=1S/C40H32Si/c1-41(2,37-15-7-13-29-21-23-35(39(29)37)33-19-17-27-9-3-5-11-31(27)25-33)38-16-8-14-30-22-24-36(40(30)38)34-20-18-28-10-4-6-12-32(28)26-34/h3-26,35-36H,1-2H3. The molecular formula is C40H32Si. The highest BCUT2D eigenvalue weighted by molar-refractivity contribution is 7.01. The zero-order chi connectivity index (χ0) is 27.6. The molecule has 0 heterocycles. The summed E-state index contributed by atoms with van der Waals surface area (Å²) in [4.78, 5) is 0. The molecule has 8 rings (SSSR count). The predicted octanol–water partition coefficient (Wildman–Crippen LogP) is 9.13. The van der Waals surface area contributed by atoms with E-state index in [-0.39, 0.29) is 11.8 Å². The Bertz CT molecular complexity index is 1890. The minimum Gasteiger partial charge on any atom is -0.0720 e. The molecule has 0 N–H and O–H groups in total. The average molecular weight is 541 g/mol. The molecule has 0 fully saturated rings. The molecule has 0 radical (unpaired) electrons. The van der Waals surface area contributed by atoms with Gasteiger partial charge in [-0.2, -0.15) is 0 Å². The maximum Gasteiger partial charge on any atom is 0.113 e. The lowest BCUT2D eigenvalue weighted by Crippen LogP contribution is -2.56. The third kappa shape index (κ3) is 3.88. The summed E-state index contributed by atoms with van der Waals surface area (Å²) in [7, 11) is -2.11. The summed E-state index contributed by atoms with van der Waals surface area (Å²) in [6.45, 7) is 5.12. The highest BCUT2D eigenvalue weighted by Gasteiger charge is 2.37. The van der Waals surface area contributed by atoms with Crippen LogP contribution in [0.4, 0.5) is 0 Å². The van der Waals surface area contributed by atoms with E-state index in [1.54, 1.807) is 10.4 Å². The van der Waals surface area contributed by atoms with Crippen LogP contribution in [-0.2, 0) is 0 Å². The Labute approximate surface area is 243 Å². The SMILES string of the molecule is C[Si](C)(c1cccc2c1C(c1ccc3ccccc3c1)C=C2)c1cccc2c1C(c1ccc3ccccc3c1)C=C2. The fourth-order valence-electron chi connectivity index (χ4n) is 7.34. The summed E-state index contributed by atoms with van der Waals surface area (Å²) in [5.74, 6) is 0.563. The van der Waals surface area contributed by atoms with Gasteiger partial charge in [-0.25, -0.2) is 0 Å².